The van der Waals surface area contributed by atoms with E-state index in [1.54, 1.807) is 334 Å². The van der Waals surface area contributed by atoms with Gasteiger partial charge in [0.15, 0.2) is 11.4 Å². The molecule has 124 heavy (non-hydrogen) atoms. The highest BCUT2D eigenvalue weighted by molar-refractivity contribution is 6.83. The largest absolute Gasteiger partial charge is 0.737 e. The van der Waals surface area contributed by atoms with Crippen molar-refractivity contribution in [3.63, 3.8) is 0 Å². The van der Waals surface area contributed by atoms with E-state index in [1.165, 1.54) is 23.5 Å². The monoisotopic (exact) mass is 1570 g/mol. The van der Waals surface area contributed by atoms with Crippen LogP contribution in [0.4, 0.5) is 17.3 Å². The number of hydrogen-bond donors (Lipinski definition) is 0. The van der Waals surface area contributed by atoms with Gasteiger partial charge < -0.3 is 35.2 Å². The number of halogens is 4. The Kier molecular flexibility index (Phi) is 7.10. The maximum absolute atomic E-state index is 18.7. The Labute approximate surface area is 692 Å². The molecule has 4 aliphatic carbocycles. The van der Waals surface area contributed by atoms with Crippen LogP contribution in [-0.4, -0.2) is 61.8 Å². The summed E-state index contributed by atoms with van der Waals surface area (Å²) in [4.78, 5) is 2.88. The zero-order chi connectivity index (χ0) is 79.6. The second-order valence-corrected chi connectivity index (χ2v) is 40.9. The van der Waals surface area contributed by atoms with Crippen LogP contribution in [0.2, 0.25) is 0 Å². The van der Waals surface area contributed by atoms with Gasteiger partial charge in [-0.1, -0.05) is 90.6 Å². The van der Waals surface area contributed by atoms with Gasteiger partial charge in [-0.2, -0.15) is 0 Å². The van der Waals surface area contributed by atoms with Gasteiger partial charge in [0, 0.05) is 83.1 Å². The van der Waals surface area contributed by atoms with Crippen molar-refractivity contribution < 1.29 is 26.2 Å². The molecular formula is C113H45B2F4N5. The number of fused-ring (bicyclic) bond motifs is 4. The minimum absolute atomic E-state index is 0.0758. The molecule has 1 saturated heterocycles. The summed E-state index contributed by atoms with van der Waals surface area (Å²) in [5, 5.41) is 86.2. The topological polar surface area (TPSA) is 19.1 Å². The number of benzene rings is 21. The highest BCUT2D eigenvalue weighted by atomic mass is 19.3. The van der Waals surface area contributed by atoms with E-state index in [1.807, 2.05) is 101 Å². The Balaban J connectivity index is 0.539. The molecule has 0 N–H and O–H groups in total. The van der Waals surface area contributed by atoms with Gasteiger partial charge in [-0.3, -0.25) is 4.90 Å². The summed E-state index contributed by atoms with van der Waals surface area (Å²) in [6, 6.07) is 29.0. The molecule has 0 bridgehead atoms. The molecule has 1 unspecified atom stereocenters. The predicted molar refractivity (Wildman–Crippen MR) is 504 cm³/mol. The fourth-order valence-electron chi connectivity index (χ4n) is 35.6. The Morgan fingerprint density at radius 3 is 1.02 bits per heavy atom. The zero-order valence-corrected chi connectivity index (χ0v) is 67.3. The maximum Gasteiger partial charge on any atom is 0.737 e. The Hall–Kier alpha value is -14.5. The van der Waals surface area contributed by atoms with Crippen LogP contribution in [0.3, 0.4) is 0 Å². The molecule has 42 rings (SSSR count). The highest BCUT2D eigenvalue weighted by Gasteiger charge is 2.76. The third kappa shape index (κ3) is 4.19. The van der Waals surface area contributed by atoms with Crippen LogP contribution in [0.15, 0.2) is 119 Å². The molecule has 0 radical (unpaired) electrons. The van der Waals surface area contributed by atoms with Crippen molar-refractivity contribution in [3.8, 4) is 35.5 Å². The molecule has 9 aliphatic rings. The second-order valence-electron chi connectivity index (χ2n) is 40.9. The summed E-state index contributed by atoms with van der Waals surface area (Å²) in [5.41, 5.74) is 18.4. The van der Waals surface area contributed by atoms with Gasteiger partial charge in [-0.05, 0) is 419 Å². The van der Waals surface area contributed by atoms with E-state index in [9.17, 15) is 0 Å². The number of likely N-dealkylation sites (tertiary alicyclic amines) is 1. The van der Waals surface area contributed by atoms with Crippen molar-refractivity contribution in [2.24, 2.45) is 0 Å². The number of hydrogen-bond acceptors (Lipinski definition) is 1. The zero-order valence-electron chi connectivity index (χ0n) is 67.3. The van der Waals surface area contributed by atoms with Gasteiger partial charge in [-0.15, -0.1) is 0 Å². The number of aromatic nitrogens is 2. The standard InChI is InChI=1S/C113H45B2F4N5/c1-32-30-33(2)121-107(32)47(41-18-12-10-13-19-41)108-34(3)44(37(6)122(108)114(121,116)117)22-16-17-23-45-35(4)109-48(42-20-14-11-15-21-42)110-36(5)46(39(8)124(110)115(118,119)123(109)38(45)7)29-26-40-24-27-43(28-25-40)111-113-105-99-93-83-71-63-55-51-49-50-53-57(55)65(71)75-69-61(53)62-54(50)58-56-52(49)60-59(51)67-73(63)81-87-77(67)78-68(60)74-64(56)72-66(58)76-70(62)80-79(69)91(85(75)93)101(105)102-92(80)86(76)94-84(72)90-82(74)88(78)96-95(87)103(97(99)89(81)83)112(113,31-120(111)9)104(96)98(90)100(94)106(102)113/h10-15,18-21,24-25,27-28,30,111H,31H2,1-9H3. The molecule has 31 aromatic carbocycles. The molecule has 0 saturated carbocycles. The lowest BCUT2D eigenvalue weighted by Gasteiger charge is -2.52. The first-order valence-corrected chi connectivity index (χ1v) is 44.4. The molecule has 11 heteroatoms. The first-order chi connectivity index (χ1) is 60.5. The van der Waals surface area contributed by atoms with E-state index in [0.29, 0.717) is 84.6 Å². The van der Waals surface area contributed by atoms with Crippen molar-refractivity contribution in [1.29, 1.82) is 0 Å². The molecule has 556 valence electrons. The lowest BCUT2D eigenvalue weighted by Crippen LogP contribution is -2.51. The summed E-state index contributed by atoms with van der Waals surface area (Å²) in [5.74, 6) is 19.9. The van der Waals surface area contributed by atoms with Crippen molar-refractivity contribution in [2.45, 2.75) is 72.3 Å². The predicted octanol–water partition coefficient (Wildman–Crippen LogP) is 26.5. The lowest BCUT2D eigenvalue weighted by atomic mass is 9.47. The molecule has 2 spiro atoms. The third-order valence-electron chi connectivity index (χ3n) is 37.7. The van der Waals surface area contributed by atoms with E-state index >= 15 is 17.3 Å². The normalized spacial score (nSPS) is 21.3. The Bertz CT molecular complexity index is 11200. The van der Waals surface area contributed by atoms with Gasteiger partial charge in [0.2, 0.25) is 0 Å². The molecule has 5 nitrogen and oxygen atoms in total. The first-order valence-electron chi connectivity index (χ1n) is 44.4. The van der Waals surface area contributed by atoms with Gasteiger partial charge in [-0.25, -0.2) is 0 Å². The van der Waals surface area contributed by atoms with Crippen molar-refractivity contribution in [3.05, 3.63) is 209 Å². The highest BCUT2D eigenvalue weighted by Crippen LogP contribution is 2.87. The SMILES string of the molecule is CC1=CC(C)=[N+]2C1=C(c1ccccc1)c1c(C)c(C#CC#CC3=C(C)C4=C(c5ccccc5)c5c(C)c(C#Cc6ccc(C7N(C)CC89c%10c%11c%12c%13c%14c%15c(c%16c%17c8c8c%10c%10c%18c%11c%11c%12c%12c%14c%14c%19c%15c%15c%16c%16c%17c%17c8c8c%10c%10c%18c%18c%11c%11c%12c%14c%12c%14c%19c%15c%15c%16c%16c%17c8c8c%10c%10c%18c%11c%12c%11c%14c%15c%16c8c%10%11)C%1379)cc6)c(C)n5[B-](F)(F)[N+]4=C3C)c(C)n1[B-]2(F)F. The lowest BCUT2D eigenvalue weighted by molar-refractivity contribution is -0.364. The second kappa shape index (κ2) is 15.3. The molecule has 7 heterocycles. The summed E-state index contributed by atoms with van der Waals surface area (Å²) in [7, 11) is 2.51. The number of rotatable bonds is 3. The van der Waals surface area contributed by atoms with Crippen LogP contribution < -0.4 is 0 Å². The van der Waals surface area contributed by atoms with E-state index < -0.39 is 24.8 Å². The van der Waals surface area contributed by atoms with Crippen molar-refractivity contribution >= 4 is 327 Å². The van der Waals surface area contributed by atoms with Crippen molar-refractivity contribution in [2.75, 3.05) is 13.6 Å². The summed E-state index contributed by atoms with van der Waals surface area (Å²) in [6.07, 6.45) is 1.83. The van der Waals surface area contributed by atoms with Crippen LogP contribution in [-0.2, 0) is 10.8 Å². The molecule has 1 atom stereocenters. The molecule has 1 fully saturated rings. The smallest absolute Gasteiger partial charge is 0.392 e. The number of likely N-dealkylation sites (N-methyl/N-ethyl adjacent to an activating group) is 1. The summed E-state index contributed by atoms with van der Waals surface area (Å²) < 4.78 is 76.8. The van der Waals surface area contributed by atoms with Crippen LogP contribution in [0.1, 0.15) is 123 Å². The maximum atomic E-state index is 18.7. The number of allylic oxidation sites excluding steroid dienone is 4. The fourth-order valence-corrected chi connectivity index (χ4v) is 35.6. The molecule has 0 amide bonds. The fraction of sp³-hybridized carbons (Fsp3) is 0.115. The Morgan fingerprint density at radius 1 is 0.347 bits per heavy atom. The van der Waals surface area contributed by atoms with Gasteiger partial charge in [0.05, 0.1) is 27.5 Å². The van der Waals surface area contributed by atoms with E-state index in [4.69, 9.17) is 0 Å². The first kappa shape index (κ1) is 57.7. The third-order valence-corrected chi connectivity index (χ3v) is 37.7. The molecule has 5 aliphatic heterocycles. The summed E-state index contributed by atoms with van der Waals surface area (Å²) >= 11 is 0. The average Bonchev–Trinajstić information content (AvgIpc) is 1.38. The van der Waals surface area contributed by atoms with Crippen LogP contribution in [0.25, 0.3) is 302 Å². The van der Waals surface area contributed by atoms with Crippen LogP contribution in [0, 0.1) is 63.2 Å². The molecular weight excluding hydrogens is 1520 g/mol. The van der Waals surface area contributed by atoms with E-state index in [-0.39, 0.29) is 6.04 Å². The number of nitrogens with zero attached hydrogens (tertiary/aromatic N) is 5. The van der Waals surface area contributed by atoms with Gasteiger partial charge in [0.1, 0.15) is 11.4 Å². The molecule has 33 aromatic rings. The average molecular weight is 1570 g/mol. The van der Waals surface area contributed by atoms with Gasteiger partial charge >= 0.3 is 13.9 Å². The Morgan fingerprint density at radius 2 is 0.661 bits per heavy atom. The minimum Gasteiger partial charge on any atom is -0.392 e. The van der Waals surface area contributed by atoms with E-state index in [2.05, 4.69) is 71.7 Å². The van der Waals surface area contributed by atoms with Crippen molar-refractivity contribution in [1.82, 2.24) is 13.9 Å². The van der Waals surface area contributed by atoms with Gasteiger partial charge in [0.25, 0.3) is 0 Å². The molecule has 2 aromatic heterocycles. The van der Waals surface area contributed by atoms with Crippen LogP contribution in [0.5, 0.6) is 0 Å². The minimum atomic E-state index is -4.54. The summed E-state index contributed by atoms with van der Waals surface area (Å²) in [6.45, 7) is 6.63. The van der Waals surface area contributed by atoms with E-state index in [0.717, 1.165) is 34.4 Å². The van der Waals surface area contributed by atoms with Crippen LogP contribution >= 0.6 is 0 Å². The quantitative estimate of drug-likeness (QED) is 0.0747.